The zero-order valence-corrected chi connectivity index (χ0v) is 9.75. The van der Waals surface area contributed by atoms with Crippen LogP contribution < -0.4 is 0 Å². The Morgan fingerprint density at radius 3 is 2.82 bits per heavy atom. The first-order valence-electron chi connectivity index (χ1n) is 6.24. The molecule has 2 fully saturated rings. The Labute approximate surface area is 102 Å². The van der Waals surface area contributed by atoms with Crippen molar-refractivity contribution in [2.45, 2.75) is 37.6 Å². The van der Waals surface area contributed by atoms with Gasteiger partial charge < -0.3 is 4.74 Å². The lowest BCUT2D eigenvalue weighted by molar-refractivity contribution is -0.0121. The maximum Gasteiger partial charge on any atom is 0.112 e. The highest BCUT2D eigenvalue weighted by Crippen LogP contribution is 2.38. The molecule has 3 nitrogen and oxygen atoms in total. The predicted molar refractivity (Wildman–Crippen MR) is 64.0 cm³/mol. The molecule has 3 atom stereocenters. The van der Waals surface area contributed by atoms with Crippen molar-refractivity contribution < 1.29 is 4.74 Å². The number of ether oxygens (including phenoxy) is 1. The molecule has 3 heteroatoms. The fourth-order valence-corrected chi connectivity index (χ4v) is 2.94. The number of benzene rings is 1. The van der Waals surface area contributed by atoms with E-state index in [9.17, 15) is 5.26 Å². The fourth-order valence-electron chi connectivity index (χ4n) is 2.94. The molecule has 88 valence electrons. The van der Waals surface area contributed by atoms with E-state index in [1.54, 1.807) is 0 Å². The van der Waals surface area contributed by atoms with Gasteiger partial charge in [0.2, 0.25) is 0 Å². The van der Waals surface area contributed by atoms with Crippen LogP contribution >= 0.6 is 0 Å². The highest BCUT2D eigenvalue weighted by atomic mass is 16.5. The molecule has 0 unspecified atom stereocenters. The van der Waals surface area contributed by atoms with Gasteiger partial charge in [0, 0.05) is 0 Å². The molecule has 0 aliphatic carbocycles. The van der Waals surface area contributed by atoms with Crippen LogP contribution in [0.1, 0.15) is 30.9 Å². The first-order chi connectivity index (χ1) is 8.40. The summed E-state index contributed by atoms with van der Waals surface area (Å²) in [6, 6.07) is 13.1. The van der Waals surface area contributed by atoms with Gasteiger partial charge in [0.1, 0.15) is 12.3 Å². The standard InChI is InChI=1S/C14H16N2O/c15-9-12-7-4-8-14-16(12)13(10-17-14)11-5-2-1-3-6-11/h1-3,5-6,12-14H,4,7-8,10H2/t12-,13-,14+/m1/s1. The Kier molecular flexibility index (Phi) is 2.84. The van der Waals surface area contributed by atoms with Crippen LogP contribution in [0.3, 0.4) is 0 Å². The quantitative estimate of drug-likeness (QED) is 0.740. The number of fused-ring (bicyclic) bond motifs is 1. The van der Waals surface area contributed by atoms with Gasteiger partial charge in [-0.2, -0.15) is 5.26 Å². The molecule has 0 saturated carbocycles. The van der Waals surface area contributed by atoms with E-state index in [-0.39, 0.29) is 18.3 Å². The maximum atomic E-state index is 9.26. The second kappa shape index (κ2) is 4.48. The third-order valence-corrected chi connectivity index (χ3v) is 3.76. The highest BCUT2D eigenvalue weighted by Gasteiger charge is 2.42. The average Bonchev–Trinajstić information content (AvgIpc) is 2.83. The third kappa shape index (κ3) is 1.84. The smallest absolute Gasteiger partial charge is 0.112 e. The Balaban J connectivity index is 1.89. The maximum absolute atomic E-state index is 9.26. The predicted octanol–water partition coefficient (Wildman–Crippen LogP) is 2.46. The Hall–Kier alpha value is -1.37. The van der Waals surface area contributed by atoms with Crippen LogP contribution in [0.5, 0.6) is 0 Å². The normalized spacial score (nSPS) is 33.0. The van der Waals surface area contributed by atoms with Gasteiger partial charge in [-0.25, -0.2) is 0 Å². The van der Waals surface area contributed by atoms with Crippen LogP contribution in [0.4, 0.5) is 0 Å². The minimum absolute atomic E-state index is 0.0152. The van der Waals surface area contributed by atoms with Gasteiger partial charge in [-0.15, -0.1) is 0 Å². The lowest BCUT2D eigenvalue weighted by Gasteiger charge is -2.35. The molecule has 0 aromatic heterocycles. The van der Waals surface area contributed by atoms with Gasteiger partial charge in [-0.3, -0.25) is 4.90 Å². The zero-order chi connectivity index (χ0) is 11.7. The third-order valence-electron chi connectivity index (χ3n) is 3.76. The first kappa shape index (κ1) is 10.8. The van der Waals surface area contributed by atoms with Crippen molar-refractivity contribution in [3.05, 3.63) is 35.9 Å². The second-order valence-electron chi connectivity index (χ2n) is 4.74. The molecule has 0 radical (unpaired) electrons. The van der Waals surface area contributed by atoms with Crippen LogP contribution in [0.15, 0.2) is 30.3 Å². The Morgan fingerprint density at radius 2 is 2.06 bits per heavy atom. The number of nitrogens with zero attached hydrogens (tertiary/aromatic N) is 2. The van der Waals surface area contributed by atoms with Crippen LogP contribution in [0.25, 0.3) is 0 Å². The van der Waals surface area contributed by atoms with Crippen molar-refractivity contribution in [2.24, 2.45) is 0 Å². The number of hydrogen-bond acceptors (Lipinski definition) is 3. The zero-order valence-electron chi connectivity index (χ0n) is 9.75. The van der Waals surface area contributed by atoms with Gasteiger partial charge in [0.15, 0.2) is 0 Å². The molecule has 2 heterocycles. The van der Waals surface area contributed by atoms with E-state index < -0.39 is 0 Å². The van der Waals surface area contributed by atoms with Crippen LogP contribution in [-0.2, 0) is 4.74 Å². The molecule has 0 bridgehead atoms. The van der Waals surface area contributed by atoms with Crippen LogP contribution in [0.2, 0.25) is 0 Å². The van der Waals surface area contributed by atoms with Gasteiger partial charge in [-0.05, 0) is 24.8 Å². The minimum Gasteiger partial charge on any atom is -0.361 e. The second-order valence-corrected chi connectivity index (χ2v) is 4.74. The van der Waals surface area contributed by atoms with Crippen LogP contribution in [-0.4, -0.2) is 23.8 Å². The molecule has 2 saturated heterocycles. The summed E-state index contributed by atoms with van der Waals surface area (Å²) in [4.78, 5) is 2.26. The molecular weight excluding hydrogens is 212 g/mol. The fraction of sp³-hybridized carbons (Fsp3) is 0.500. The SMILES string of the molecule is N#C[C@H]1CCC[C@@H]2OC[C@H](c3ccccc3)N21. The molecule has 1 aromatic carbocycles. The summed E-state index contributed by atoms with van der Waals surface area (Å²) in [5.74, 6) is 0. The summed E-state index contributed by atoms with van der Waals surface area (Å²) in [6.45, 7) is 0.715. The van der Waals surface area contributed by atoms with Gasteiger partial charge in [-0.1, -0.05) is 30.3 Å². The molecule has 2 aliphatic heterocycles. The molecule has 0 spiro atoms. The van der Waals surface area contributed by atoms with Crippen molar-refractivity contribution in [2.75, 3.05) is 6.61 Å². The number of nitriles is 1. The van der Waals surface area contributed by atoms with E-state index in [2.05, 4.69) is 23.1 Å². The molecular formula is C14H16N2O. The highest BCUT2D eigenvalue weighted by molar-refractivity contribution is 5.21. The summed E-state index contributed by atoms with van der Waals surface area (Å²) in [5, 5.41) is 9.26. The minimum atomic E-state index is 0.0152. The summed E-state index contributed by atoms with van der Waals surface area (Å²) < 4.78 is 5.83. The summed E-state index contributed by atoms with van der Waals surface area (Å²) in [5.41, 5.74) is 1.26. The van der Waals surface area contributed by atoms with Crippen molar-refractivity contribution in [1.29, 1.82) is 5.26 Å². The number of hydrogen-bond donors (Lipinski definition) is 0. The summed E-state index contributed by atoms with van der Waals surface area (Å²) in [6.07, 6.45) is 3.28. The van der Waals surface area contributed by atoms with Gasteiger partial charge in [0.05, 0.1) is 18.7 Å². The van der Waals surface area contributed by atoms with Crippen molar-refractivity contribution >= 4 is 0 Å². The number of rotatable bonds is 1. The number of piperidine rings is 1. The lowest BCUT2D eigenvalue weighted by Crippen LogP contribution is -2.43. The molecule has 17 heavy (non-hydrogen) atoms. The summed E-state index contributed by atoms with van der Waals surface area (Å²) in [7, 11) is 0. The molecule has 0 N–H and O–H groups in total. The van der Waals surface area contributed by atoms with E-state index in [0.717, 1.165) is 19.3 Å². The average molecular weight is 228 g/mol. The molecule has 1 aromatic rings. The molecule has 0 amide bonds. The van der Waals surface area contributed by atoms with Crippen molar-refractivity contribution in [3.8, 4) is 6.07 Å². The lowest BCUT2D eigenvalue weighted by atomic mass is 9.98. The van der Waals surface area contributed by atoms with Crippen molar-refractivity contribution in [3.63, 3.8) is 0 Å². The van der Waals surface area contributed by atoms with Crippen molar-refractivity contribution in [1.82, 2.24) is 4.90 Å². The largest absolute Gasteiger partial charge is 0.361 e. The van der Waals surface area contributed by atoms with E-state index in [1.165, 1.54) is 5.56 Å². The monoisotopic (exact) mass is 228 g/mol. The Bertz CT molecular complexity index is 426. The molecule has 3 rings (SSSR count). The van der Waals surface area contributed by atoms with Gasteiger partial charge >= 0.3 is 0 Å². The summed E-state index contributed by atoms with van der Waals surface area (Å²) >= 11 is 0. The van der Waals surface area contributed by atoms with E-state index in [4.69, 9.17) is 4.74 Å². The first-order valence-corrected chi connectivity index (χ1v) is 6.24. The molecule has 2 aliphatic rings. The Morgan fingerprint density at radius 1 is 1.24 bits per heavy atom. The van der Waals surface area contributed by atoms with E-state index >= 15 is 0 Å². The topological polar surface area (TPSA) is 36.3 Å². The van der Waals surface area contributed by atoms with Gasteiger partial charge in [0.25, 0.3) is 0 Å². The van der Waals surface area contributed by atoms with E-state index in [1.807, 2.05) is 18.2 Å². The van der Waals surface area contributed by atoms with E-state index in [0.29, 0.717) is 6.61 Å². The van der Waals surface area contributed by atoms with Crippen LogP contribution in [0, 0.1) is 11.3 Å².